The number of aliphatic carboxylic acids is 1. The quantitative estimate of drug-likeness (QED) is 0.106. The van der Waals surface area contributed by atoms with Gasteiger partial charge in [-0.05, 0) is 24.9 Å². The maximum Gasteiger partial charge on any atom is 0.326 e. The SMILES string of the molecule is CSCCC(NC(=O)C(N)CO)C(=O)NC(CC(N)=O)C(=O)NC(CCC(N)=O)C(=O)O. The number of carboxylic acids is 1. The highest BCUT2D eigenvalue weighted by atomic mass is 32.2. The number of carboxylic acid groups (broad SMARTS) is 1. The summed E-state index contributed by atoms with van der Waals surface area (Å²) in [7, 11) is 0. The Hall–Kier alpha value is -2.91. The van der Waals surface area contributed by atoms with E-state index in [0.29, 0.717) is 5.75 Å². The van der Waals surface area contributed by atoms with E-state index in [-0.39, 0.29) is 19.3 Å². The third-order valence-electron chi connectivity index (χ3n) is 4.11. The first-order chi connectivity index (χ1) is 14.9. The summed E-state index contributed by atoms with van der Waals surface area (Å²) in [5.41, 5.74) is 15.5. The fourth-order valence-corrected chi connectivity index (χ4v) is 2.84. The first-order valence-electron chi connectivity index (χ1n) is 9.48. The molecule has 15 heteroatoms. The molecule has 5 amide bonds. The molecule has 0 radical (unpaired) electrons. The number of aliphatic hydroxyl groups is 1. The minimum Gasteiger partial charge on any atom is -0.480 e. The first-order valence-corrected chi connectivity index (χ1v) is 10.9. The van der Waals surface area contributed by atoms with Crippen LogP contribution in [0.2, 0.25) is 0 Å². The normalized spacial score (nSPS) is 14.3. The summed E-state index contributed by atoms with van der Waals surface area (Å²) in [6.07, 6.45) is 0.617. The summed E-state index contributed by atoms with van der Waals surface area (Å²) < 4.78 is 0. The number of thioether (sulfide) groups is 1. The number of nitrogens with one attached hydrogen (secondary N) is 3. The molecule has 0 fully saturated rings. The Bertz CT molecular complexity index is 707. The number of aliphatic hydroxyl groups excluding tert-OH is 1. The first kappa shape index (κ1) is 29.1. The van der Waals surface area contributed by atoms with Gasteiger partial charge in [-0.2, -0.15) is 11.8 Å². The molecule has 0 heterocycles. The number of nitrogens with two attached hydrogens (primary N) is 3. The molecule has 32 heavy (non-hydrogen) atoms. The number of hydrogen-bond donors (Lipinski definition) is 8. The number of rotatable bonds is 16. The molecule has 4 unspecified atom stereocenters. The number of amides is 5. The van der Waals surface area contributed by atoms with Gasteiger partial charge in [-0.1, -0.05) is 0 Å². The van der Waals surface area contributed by atoms with Crippen LogP contribution < -0.4 is 33.2 Å². The van der Waals surface area contributed by atoms with Crippen molar-refractivity contribution in [2.45, 2.75) is 49.9 Å². The van der Waals surface area contributed by atoms with E-state index < -0.39 is 72.7 Å². The molecule has 0 spiro atoms. The Balaban J connectivity index is 5.44. The van der Waals surface area contributed by atoms with E-state index in [4.69, 9.17) is 22.3 Å². The molecule has 0 bridgehead atoms. The summed E-state index contributed by atoms with van der Waals surface area (Å²) >= 11 is 1.38. The van der Waals surface area contributed by atoms with Gasteiger partial charge in [0.1, 0.15) is 24.2 Å². The molecule has 0 aliphatic heterocycles. The van der Waals surface area contributed by atoms with E-state index in [1.54, 1.807) is 6.26 Å². The maximum atomic E-state index is 12.7. The van der Waals surface area contributed by atoms with Crippen molar-refractivity contribution in [2.75, 3.05) is 18.6 Å². The van der Waals surface area contributed by atoms with Crippen molar-refractivity contribution in [1.29, 1.82) is 0 Å². The molecule has 182 valence electrons. The summed E-state index contributed by atoms with van der Waals surface area (Å²) in [5.74, 6) is -5.43. The number of hydrogen-bond acceptors (Lipinski definition) is 9. The molecule has 0 aromatic carbocycles. The van der Waals surface area contributed by atoms with Crippen molar-refractivity contribution in [3.8, 4) is 0 Å². The van der Waals surface area contributed by atoms with Crippen molar-refractivity contribution in [3.05, 3.63) is 0 Å². The second-order valence-electron chi connectivity index (χ2n) is 6.77. The average molecular weight is 479 g/mol. The van der Waals surface area contributed by atoms with E-state index in [0.717, 1.165) is 0 Å². The molecule has 4 atom stereocenters. The van der Waals surface area contributed by atoms with Gasteiger partial charge >= 0.3 is 5.97 Å². The lowest BCUT2D eigenvalue weighted by molar-refractivity contribution is -0.142. The fourth-order valence-electron chi connectivity index (χ4n) is 2.37. The van der Waals surface area contributed by atoms with Crippen LogP contribution in [0.4, 0.5) is 0 Å². The van der Waals surface area contributed by atoms with Crippen LogP contribution in [0, 0.1) is 0 Å². The Morgan fingerprint density at radius 2 is 1.38 bits per heavy atom. The molecule has 0 aliphatic rings. The molecule has 0 aromatic heterocycles. The lowest BCUT2D eigenvalue weighted by Gasteiger charge is -2.24. The topological polar surface area (TPSA) is 257 Å². The Morgan fingerprint density at radius 3 is 1.84 bits per heavy atom. The largest absolute Gasteiger partial charge is 0.480 e. The predicted octanol–water partition coefficient (Wildman–Crippen LogP) is -4.26. The van der Waals surface area contributed by atoms with E-state index in [1.807, 2.05) is 0 Å². The smallest absolute Gasteiger partial charge is 0.326 e. The van der Waals surface area contributed by atoms with Gasteiger partial charge in [-0.15, -0.1) is 0 Å². The molecule has 0 saturated heterocycles. The standard InChI is InChI=1S/C17H30N6O8S/c1-32-5-4-9(21-14(27)8(18)7-24)15(28)23-11(6-13(20)26)16(29)22-10(17(30)31)2-3-12(19)25/h8-11,24H,2-7,18H2,1H3,(H2,19,25)(H2,20,26)(H,21,27)(H,22,29)(H,23,28)(H,30,31). The van der Waals surface area contributed by atoms with Crippen molar-refractivity contribution in [1.82, 2.24) is 16.0 Å². The van der Waals surface area contributed by atoms with Gasteiger partial charge in [0, 0.05) is 6.42 Å². The number of carbonyl (C=O) groups excluding carboxylic acids is 5. The second-order valence-corrected chi connectivity index (χ2v) is 7.75. The van der Waals surface area contributed by atoms with E-state index in [1.165, 1.54) is 11.8 Å². The molecule has 0 aromatic rings. The Morgan fingerprint density at radius 1 is 0.844 bits per heavy atom. The minimum atomic E-state index is -1.55. The van der Waals surface area contributed by atoms with Gasteiger partial charge in [0.15, 0.2) is 0 Å². The van der Waals surface area contributed by atoms with Crippen LogP contribution in [0.3, 0.4) is 0 Å². The second kappa shape index (κ2) is 15.0. The van der Waals surface area contributed by atoms with Gasteiger partial charge in [0.25, 0.3) is 0 Å². The summed E-state index contributed by atoms with van der Waals surface area (Å²) in [6.45, 7) is -0.655. The summed E-state index contributed by atoms with van der Waals surface area (Å²) in [4.78, 5) is 70.8. The van der Waals surface area contributed by atoms with Crippen LogP contribution in [-0.2, 0) is 28.8 Å². The van der Waals surface area contributed by atoms with Gasteiger partial charge < -0.3 is 43.4 Å². The van der Waals surface area contributed by atoms with Gasteiger partial charge in [0.05, 0.1) is 13.0 Å². The van der Waals surface area contributed by atoms with Gasteiger partial charge in [0.2, 0.25) is 29.5 Å². The van der Waals surface area contributed by atoms with Gasteiger partial charge in [-0.25, -0.2) is 4.79 Å². The molecule has 11 N–H and O–H groups in total. The zero-order chi connectivity index (χ0) is 24.8. The third kappa shape index (κ3) is 11.5. The highest BCUT2D eigenvalue weighted by Crippen LogP contribution is 2.05. The molecule has 0 rings (SSSR count). The Labute approximate surface area is 188 Å². The summed E-state index contributed by atoms with van der Waals surface area (Å²) in [6, 6.07) is -5.47. The van der Waals surface area contributed by atoms with E-state index in [2.05, 4.69) is 16.0 Å². The van der Waals surface area contributed by atoms with Crippen molar-refractivity contribution in [3.63, 3.8) is 0 Å². The number of carbonyl (C=O) groups is 6. The zero-order valence-corrected chi connectivity index (χ0v) is 18.4. The molecule has 0 saturated carbocycles. The minimum absolute atomic E-state index is 0.137. The van der Waals surface area contributed by atoms with E-state index in [9.17, 15) is 33.9 Å². The lowest BCUT2D eigenvalue weighted by Crippen LogP contribution is -2.58. The monoisotopic (exact) mass is 478 g/mol. The van der Waals surface area contributed by atoms with Crippen LogP contribution >= 0.6 is 11.8 Å². The van der Waals surface area contributed by atoms with Crippen molar-refractivity contribution >= 4 is 47.3 Å². The van der Waals surface area contributed by atoms with Crippen molar-refractivity contribution < 1.29 is 39.0 Å². The maximum absolute atomic E-state index is 12.7. The third-order valence-corrected chi connectivity index (χ3v) is 4.75. The van der Waals surface area contributed by atoms with Crippen LogP contribution in [-0.4, -0.2) is 88.5 Å². The fraction of sp³-hybridized carbons (Fsp3) is 0.647. The molecular formula is C17H30N6O8S. The predicted molar refractivity (Wildman–Crippen MR) is 114 cm³/mol. The zero-order valence-electron chi connectivity index (χ0n) is 17.5. The van der Waals surface area contributed by atoms with E-state index >= 15 is 0 Å². The average Bonchev–Trinajstić information content (AvgIpc) is 2.71. The molecule has 0 aliphatic carbocycles. The molecular weight excluding hydrogens is 448 g/mol. The Kier molecular flexibility index (Phi) is 13.6. The van der Waals surface area contributed by atoms with Gasteiger partial charge in [-0.3, -0.25) is 24.0 Å². The van der Waals surface area contributed by atoms with Crippen LogP contribution in [0.15, 0.2) is 0 Å². The van der Waals surface area contributed by atoms with Crippen LogP contribution in [0.25, 0.3) is 0 Å². The highest BCUT2D eigenvalue weighted by Gasteiger charge is 2.31. The summed E-state index contributed by atoms with van der Waals surface area (Å²) in [5, 5.41) is 24.9. The lowest BCUT2D eigenvalue weighted by atomic mass is 10.1. The van der Waals surface area contributed by atoms with Crippen LogP contribution in [0.1, 0.15) is 25.7 Å². The van der Waals surface area contributed by atoms with Crippen molar-refractivity contribution in [2.24, 2.45) is 17.2 Å². The highest BCUT2D eigenvalue weighted by molar-refractivity contribution is 7.98. The molecule has 14 nitrogen and oxygen atoms in total. The van der Waals surface area contributed by atoms with Crippen LogP contribution in [0.5, 0.6) is 0 Å². The number of primary amides is 2.